The van der Waals surface area contributed by atoms with Gasteiger partial charge in [0.1, 0.15) is 11.9 Å². The van der Waals surface area contributed by atoms with Gasteiger partial charge in [0, 0.05) is 24.6 Å². The molecule has 3 atom stereocenters. The number of nitrogens with two attached hydrogens (primary N) is 1. The van der Waals surface area contributed by atoms with Crippen molar-refractivity contribution in [2.24, 2.45) is 5.73 Å². The molecule has 0 saturated carbocycles. The predicted molar refractivity (Wildman–Crippen MR) is 81.7 cm³/mol. The Kier molecular flexibility index (Phi) is 5.68. The van der Waals surface area contributed by atoms with Crippen LogP contribution in [0.1, 0.15) is 41.6 Å². The Labute approximate surface area is 133 Å². The van der Waals surface area contributed by atoms with Gasteiger partial charge < -0.3 is 20.9 Å². The van der Waals surface area contributed by atoms with E-state index >= 15 is 0 Å². The maximum absolute atomic E-state index is 13.9. The molecule has 1 fully saturated rings. The first-order chi connectivity index (χ1) is 10.9. The van der Waals surface area contributed by atoms with Crippen molar-refractivity contribution in [1.82, 2.24) is 5.32 Å². The number of ether oxygens (including phenoxy) is 1. The Morgan fingerprint density at radius 3 is 2.87 bits per heavy atom. The summed E-state index contributed by atoms with van der Waals surface area (Å²) in [5, 5.41) is 11.1. The third kappa shape index (κ3) is 4.27. The number of carbonyl (C=O) groups is 2. The highest BCUT2D eigenvalue weighted by molar-refractivity contribution is 5.94. The number of nitrogens with one attached hydrogen (secondary N) is 1. The molecule has 0 aromatic heterocycles. The maximum atomic E-state index is 13.9. The summed E-state index contributed by atoms with van der Waals surface area (Å²) in [6.45, 7) is 2.40. The highest BCUT2D eigenvalue weighted by Crippen LogP contribution is 2.33. The minimum absolute atomic E-state index is 0.0214. The van der Waals surface area contributed by atoms with E-state index in [-0.39, 0.29) is 24.1 Å². The van der Waals surface area contributed by atoms with E-state index in [2.05, 4.69) is 5.32 Å². The van der Waals surface area contributed by atoms with Gasteiger partial charge >= 0.3 is 5.97 Å². The number of hydrogen-bond acceptors (Lipinski definition) is 4. The van der Waals surface area contributed by atoms with Crippen molar-refractivity contribution in [2.45, 2.75) is 37.8 Å². The van der Waals surface area contributed by atoms with Crippen LogP contribution >= 0.6 is 0 Å². The Bertz CT molecular complexity index is 593. The van der Waals surface area contributed by atoms with Crippen molar-refractivity contribution >= 4 is 11.9 Å². The summed E-state index contributed by atoms with van der Waals surface area (Å²) in [6.07, 6.45) is 1.62. The van der Waals surface area contributed by atoms with Crippen LogP contribution in [0, 0.1) is 5.82 Å². The number of benzene rings is 1. The average Bonchev–Trinajstić information content (AvgIpc) is 3.00. The van der Waals surface area contributed by atoms with Gasteiger partial charge in [-0.2, -0.15) is 0 Å². The van der Waals surface area contributed by atoms with Crippen LogP contribution in [0.4, 0.5) is 4.39 Å². The SMILES string of the molecule is CC[C@H]1OCC[C@H]1c1cc(F)cc(C(=O)NC[C@@H](N)C(=O)O)c1. The molecule has 6 nitrogen and oxygen atoms in total. The van der Waals surface area contributed by atoms with Gasteiger partial charge in [-0.05, 0) is 36.6 Å². The number of aliphatic carboxylic acids is 1. The fourth-order valence-corrected chi connectivity index (χ4v) is 2.78. The summed E-state index contributed by atoms with van der Waals surface area (Å²) < 4.78 is 19.5. The summed E-state index contributed by atoms with van der Waals surface area (Å²) in [4.78, 5) is 22.7. The van der Waals surface area contributed by atoms with Crippen LogP contribution in [0.25, 0.3) is 0 Å². The number of rotatable bonds is 6. The maximum Gasteiger partial charge on any atom is 0.322 e. The van der Waals surface area contributed by atoms with Crippen molar-refractivity contribution in [1.29, 1.82) is 0 Å². The van der Waals surface area contributed by atoms with E-state index in [4.69, 9.17) is 15.6 Å². The molecule has 1 aliphatic rings. The van der Waals surface area contributed by atoms with E-state index in [0.717, 1.165) is 24.5 Å². The predicted octanol–water partition coefficient (Wildman–Crippen LogP) is 1.25. The minimum atomic E-state index is -1.21. The third-order valence-electron chi connectivity index (χ3n) is 4.02. The van der Waals surface area contributed by atoms with Crippen LogP contribution in [0.5, 0.6) is 0 Å². The minimum Gasteiger partial charge on any atom is -0.480 e. The smallest absolute Gasteiger partial charge is 0.322 e. The summed E-state index contributed by atoms with van der Waals surface area (Å²) in [7, 11) is 0. The highest BCUT2D eigenvalue weighted by Gasteiger charge is 2.29. The van der Waals surface area contributed by atoms with Crippen molar-refractivity contribution in [3.05, 3.63) is 35.1 Å². The largest absolute Gasteiger partial charge is 0.480 e. The second-order valence-corrected chi connectivity index (χ2v) is 5.64. The van der Waals surface area contributed by atoms with Gasteiger partial charge in [0.05, 0.1) is 6.10 Å². The third-order valence-corrected chi connectivity index (χ3v) is 4.02. The average molecular weight is 324 g/mol. The molecule has 126 valence electrons. The first-order valence-electron chi connectivity index (χ1n) is 7.61. The molecule has 1 aromatic rings. The van der Waals surface area contributed by atoms with Crippen LogP contribution in [-0.4, -0.2) is 42.3 Å². The van der Waals surface area contributed by atoms with Crippen molar-refractivity contribution < 1.29 is 23.8 Å². The Morgan fingerprint density at radius 2 is 2.22 bits per heavy atom. The standard InChI is InChI=1S/C16H21FN2O4/c1-2-14-12(3-4-23-14)9-5-10(7-11(17)6-9)15(20)19-8-13(18)16(21)22/h5-7,12-14H,2-4,8,18H2,1H3,(H,19,20)(H,21,22)/t12-,13+,14+/m0/s1. The number of carbonyl (C=O) groups excluding carboxylic acids is 1. The Morgan fingerprint density at radius 1 is 1.48 bits per heavy atom. The van der Waals surface area contributed by atoms with Gasteiger partial charge in [0.2, 0.25) is 0 Å². The molecule has 1 aliphatic heterocycles. The lowest BCUT2D eigenvalue weighted by molar-refractivity contribution is -0.138. The van der Waals surface area contributed by atoms with Crippen LogP contribution in [0.2, 0.25) is 0 Å². The molecular formula is C16H21FN2O4. The molecule has 1 aromatic carbocycles. The van der Waals surface area contributed by atoms with Crippen molar-refractivity contribution in [3.8, 4) is 0 Å². The second kappa shape index (κ2) is 7.52. The van der Waals surface area contributed by atoms with Crippen molar-refractivity contribution in [3.63, 3.8) is 0 Å². The zero-order valence-corrected chi connectivity index (χ0v) is 12.9. The van der Waals surface area contributed by atoms with E-state index < -0.39 is 23.7 Å². The quantitative estimate of drug-likeness (QED) is 0.731. The molecule has 2 rings (SSSR count). The molecule has 1 saturated heterocycles. The van der Waals surface area contributed by atoms with Gasteiger partial charge in [0.25, 0.3) is 5.91 Å². The van der Waals surface area contributed by atoms with Gasteiger partial charge in [0.15, 0.2) is 0 Å². The number of carboxylic acid groups (broad SMARTS) is 1. The highest BCUT2D eigenvalue weighted by atomic mass is 19.1. The molecule has 0 bridgehead atoms. The number of halogens is 1. The Balaban J connectivity index is 2.13. The zero-order valence-electron chi connectivity index (χ0n) is 12.9. The van der Waals surface area contributed by atoms with Gasteiger partial charge in [-0.3, -0.25) is 9.59 Å². The molecule has 23 heavy (non-hydrogen) atoms. The zero-order chi connectivity index (χ0) is 17.0. The molecule has 0 unspecified atom stereocenters. The lowest BCUT2D eigenvalue weighted by atomic mass is 9.90. The number of carboxylic acids is 1. The van der Waals surface area contributed by atoms with Crippen LogP contribution in [0.15, 0.2) is 18.2 Å². The van der Waals surface area contributed by atoms with E-state index in [1.54, 1.807) is 6.07 Å². The molecule has 0 radical (unpaired) electrons. The topological polar surface area (TPSA) is 102 Å². The molecule has 4 N–H and O–H groups in total. The van der Waals surface area contributed by atoms with Crippen LogP contribution in [0.3, 0.4) is 0 Å². The fraction of sp³-hybridized carbons (Fsp3) is 0.500. The monoisotopic (exact) mass is 324 g/mol. The van der Waals surface area contributed by atoms with Gasteiger partial charge in [-0.15, -0.1) is 0 Å². The first-order valence-corrected chi connectivity index (χ1v) is 7.61. The molecular weight excluding hydrogens is 303 g/mol. The Hall–Kier alpha value is -1.99. The van der Waals surface area contributed by atoms with E-state index in [0.29, 0.717) is 6.61 Å². The summed E-state index contributed by atoms with van der Waals surface area (Å²) >= 11 is 0. The second-order valence-electron chi connectivity index (χ2n) is 5.64. The molecule has 1 amide bonds. The lowest BCUT2D eigenvalue weighted by Gasteiger charge is -2.18. The van der Waals surface area contributed by atoms with Crippen LogP contribution < -0.4 is 11.1 Å². The van der Waals surface area contributed by atoms with E-state index in [9.17, 15) is 14.0 Å². The summed E-state index contributed by atoms with van der Waals surface area (Å²) in [5.41, 5.74) is 6.21. The van der Waals surface area contributed by atoms with Gasteiger partial charge in [-0.25, -0.2) is 4.39 Å². The molecule has 1 heterocycles. The van der Waals surface area contributed by atoms with E-state index in [1.807, 2.05) is 6.92 Å². The van der Waals surface area contributed by atoms with E-state index in [1.165, 1.54) is 6.07 Å². The first kappa shape index (κ1) is 17.4. The molecule has 7 heteroatoms. The van der Waals surface area contributed by atoms with Gasteiger partial charge in [-0.1, -0.05) is 6.92 Å². The number of hydrogen-bond donors (Lipinski definition) is 3. The lowest BCUT2D eigenvalue weighted by Crippen LogP contribution is -2.42. The number of amides is 1. The molecule has 0 aliphatic carbocycles. The van der Waals surface area contributed by atoms with Crippen molar-refractivity contribution in [2.75, 3.05) is 13.2 Å². The fourth-order valence-electron chi connectivity index (χ4n) is 2.78. The van der Waals surface area contributed by atoms with Crippen LogP contribution in [-0.2, 0) is 9.53 Å². The summed E-state index contributed by atoms with van der Waals surface area (Å²) in [6, 6.07) is 2.98. The molecule has 0 spiro atoms. The normalized spacial score (nSPS) is 21.9. The summed E-state index contributed by atoms with van der Waals surface area (Å²) in [5.74, 6) is -2.20.